The molecule has 0 aliphatic heterocycles. The summed E-state index contributed by atoms with van der Waals surface area (Å²) in [4.78, 5) is 11.0. The van der Waals surface area contributed by atoms with Gasteiger partial charge in [-0.05, 0) is 19.9 Å². The molecule has 0 fully saturated rings. The number of hydrogen-bond acceptors (Lipinski definition) is 1. The maximum atomic E-state index is 11.0. The SMILES string of the molecule is C=CC(C)C(=O)C=C(C)C. The molecule has 0 aliphatic rings. The third-order valence-corrected chi connectivity index (χ3v) is 1.23. The van der Waals surface area contributed by atoms with E-state index in [1.807, 2.05) is 20.8 Å². The van der Waals surface area contributed by atoms with E-state index in [1.54, 1.807) is 12.2 Å². The molecule has 0 rings (SSSR count). The van der Waals surface area contributed by atoms with Crippen LogP contribution in [0, 0.1) is 5.92 Å². The van der Waals surface area contributed by atoms with E-state index in [1.165, 1.54) is 0 Å². The average molecular weight is 138 g/mol. The fourth-order valence-electron chi connectivity index (χ4n) is 0.532. The van der Waals surface area contributed by atoms with Gasteiger partial charge in [-0.25, -0.2) is 0 Å². The van der Waals surface area contributed by atoms with Gasteiger partial charge < -0.3 is 0 Å². The summed E-state index contributed by atoms with van der Waals surface area (Å²) in [5.74, 6) is 0.0879. The van der Waals surface area contributed by atoms with Gasteiger partial charge in [0.15, 0.2) is 5.78 Å². The van der Waals surface area contributed by atoms with Crippen LogP contribution in [0.2, 0.25) is 0 Å². The van der Waals surface area contributed by atoms with Crippen molar-refractivity contribution in [1.82, 2.24) is 0 Å². The van der Waals surface area contributed by atoms with Crippen molar-refractivity contribution >= 4 is 5.78 Å². The molecule has 0 aromatic heterocycles. The second kappa shape index (κ2) is 4.04. The number of carbonyl (C=O) groups excluding carboxylic acids is 1. The second-order valence-electron chi connectivity index (χ2n) is 2.65. The molecule has 0 bridgehead atoms. The van der Waals surface area contributed by atoms with Crippen molar-refractivity contribution in [2.24, 2.45) is 5.92 Å². The molecule has 56 valence electrons. The van der Waals surface area contributed by atoms with E-state index in [2.05, 4.69) is 6.58 Å². The van der Waals surface area contributed by atoms with Crippen molar-refractivity contribution in [3.05, 3.63) is 24.3 Å². The minimum absolute atomic E-state index is 0.0464. The molecule has 0 spiro atoms. The van der Waals surface area contributed by atoms with Crippen LogP contribution in [0.1, 0.15) is 20.8 Å². The molecule has 0 aliphatic carbocycles. The smallest absolute Gasteiger partial charge is 0.162 e. The molecule has 1 atom stereocenters. The van der Waals surface area contributed by atoms with Crippen LogP contribution in [0.15, 0.2) is 24.3 Å². The standard InChI is InChI=1S/C9H14O/c1-5-8(4)9(10)6-7(2)3/h5-6,8H,1H2,2-4H3. The van der Waals surface area contributed by atoms with Gasteiger partial charge in [0.25, 0.3) is 0 Å². The highest BCUT2D eigenvalue weighted by atomic mass is 16.1. The van der Waals surface area contributed by atoms with Crippen LogP contribution in [-0.2, 0) is 4.79 Å². The van der Waals surface area contributed by atoms with Crippen LogP contribution in [0.5, 0.6) is 0 Å². The van der Waals surface area contributed by atoms with Gasteiger partial charge >= 0.3 is 0 Å². The third-order valence-electron chi connectivity index (χ3n) is 1.23. The molecule has 0 aromatic carbocycles. The summed E-state index contributed by atoms with van der Waals surface area (Å²) in [6, 6.07) is 0. The Morgan fingerprint density at radius 1 is 1.50 bits per heavy atom. The quantitative estimate of drug-likeness (QED) is 0.432. The monoisotopic (exact) mass is 138 g/mol. The van der Waals surface area contributed by atoms with Crippen molar-refractivity contribution in [1.29, 1.82) is 0 Å². The summed E-state index contributed by atoms with van der Waals surface area (Å²) in [7, 11) is 0. The first-order valence-electron chi connectivity index (χ1n) is 3.39. The van der Waals surface area contributed by atoms with Gasteiger partial charge in [0.1, 0.15) is 0 Å². The molecule has 0 N–H and O–H groups in total. The molecule has 0 radical (unpaired) electrons. The van der Waals surface area contributed by atoms with E-state index in [9.17, 15) is 4.79 Å². The molecule has 1 nitrogen and oxygen atoms in total. The maximum Gasteiger partial charge on any atom is 0.162 e. The second-order valence-corrected chi connectivity index (χ2v) is 2.65. The first kappa shape index (κ1) is 9.15. The van der Waals surface area contributed by atoms with E-state index in [-0.39, 0.29) is 11.7 Å². The van der Waals surface area contributed by atoms with E-state index in [0.717, 1.165) is 5.57 Å². The lowest BCUT2D eigenvalue weighted by Crippen LogP contribution is -2.03. The van der Waals surface area contributed by atoms with Gasteiger partial charge in [0, 0.05) is 5.92 Å². The van der Waals surface area contributed by atoms with Crippen molar-refractivity contribution in [2.45, 2.75) is 20.8 Å². The van der Waals surface area contributed by atoms with Crippen molar-refractivity contribution in [3.63, 3.8) is 0 Å². The Morgan fingerprint density at radius 2 is 2.00 bits per heavy atom. The molecule has 1 unspecified atom stereocenters. The average Bonchev–Trinajstić information content (AvgIpc) is 1.85. The van der Waals surface area contributed by atoms with Gasteiger partial charge in [-0.2, -0.15) is 0 Å². The Morgan fingerprint density at radius 3 is 2.30 bits per heavy atom. The van der Waals surface area contributed by atoms with Gasteiger partial charge in [-0.15, -0.1) is 6.58 Å². The maximum absolute atomic E-state index is 11.0. The van der Waals surface area contributed by atoms with E-state index in [4.69, 9.17) is 0 Å². The summed E-state index contributed by atoms with van der Waals surface area (Å²) in [6.45, 7) is 9.20. The molecule has 1 heteroatoms. The van der Waals surface area contributed by atoms with Gasteiger partial charge in [0.05, 0.1) is 0 Å². The highest BCUT2D eigenvalue weighted by Gasteiger charge is 2.03. The van der Waals surface area contributed by atoms with Crippen LogP contribution >= 0.6 is 0 Å². The minimum atomic E-state index is -0.0464. The molecule has 0 saturated carbocycles. The van der Waals surface area contributed by atoms with Crippen LogP contribution in [0.3, 0.4) is 0 Å². The lowest BCUT2D eigenvalue weighted by Gasteiger charge is -1.98. The third kappa shape index (κ3) is 3.23. The van der Waals surface area contributed by atoms with Crippen LogP contribution in [0.25, 0.3) is 0 Å². The first-order valence-corrected chi connectivity index (χ1v) is 3.39. The zero-order valence-electron chi connectivity index (χ0n) is 6.85. The Kier molecular flexibility index (Phi) is 3.70. The van der Waals surface area contributed by atoms with E-state index >= 15 is 0 Å². The highest BCUT2D eigenvalue weighted by Crippen LogP contribution is 2.01. The predicted octanol–water partition coefficient (Wildman–Crippen LogP) is 2.34. The molecule has 0 heterocycles. The summed E-state index contributed by atoms with van der Waals surface area (Å²) in [5, 5.41) is 0. The molecule has 10 heavy (non-hydrogen) atoms. The van der Waals surface area contributed by atoms with Gasteiger partial charge in [-0.3, -0.25) is 4.79 Å². The number of hydrogen-bond donors (Lipinski definition) is 0. The largest absolute Gasteiger partial charge is 0.294 e. The minimum Gasteiger partial charge on any atom is -0.294 e. The summed E-state index contributed by atoms with van der Waals surface area (Å²) in [5.41, 5.74) is 1.04. The lowest BCUT2D eigenvalue weighted by molar-refractivity contribution is -0.116. The normalized spacial score (nSPS) is 11.9. The lowest BCUT2D eigenvalue weighted by atomic mass is 10.1. The Labute approximate surface area is 62.4 Å². The zero-order valence-corrected chi connectivity index (χ0v) is 6.85. The fourth-order valence-corrected chi connectivity index (χ4v) is 0.532. The molecule has 0 saturated heterocycles. The first-order chi connectivity index (χ1) is 4.57. The number of allylic oxidation sites excluding steroid dienone is 3. The van der Waals surface area contributed by atoms with Crippen molar-refractivity contribution < 1.29 is 4.79 Å². The Hall–Kier alpha value is -0.850. The Bertz CT molecular complexity index is 162. The number of rotatable bonds is 3. The van der Waals surface area contributed by atoms with Gasteiger partial charge in [-0.1, -0.05) is 18.6 Å². The van der Waals surface area contributed by atoms with Crippen LogP contribution in [-0.4, -0.2) is 5.78 Å². The number of ketones is 1. The molecular weight excluding hydrogens is 124 g/mol. The fraction of sp³-hybridized carbons (Fsp3) is 0.444. The zero-order chi connectivity index (χ0) is 8.15. The topological polar surface area (TPSA) is 17.1 Å². The summed E-state index contributed by atoms with van der Waals surface area (Å²) in [6.07, 6.45) is 3.30. The predicted molar refractivity (Wildman–Crippen MR) is 43.8 cm³/mol. The van der Waals surface area contributed by atoms with Gasteiger partial charge in [0.2, 0.25) is 0 Å². The van der Waals surface area contributed by atoms with Crippen molar-refractivity contribution in [2.75, 3.05) is 0 Å². The molecule has 0 amide bonds. The summed E-state index contributed by atoms with van der Waals surface area (Å²) >= 11 is 0. The van der Waals surface area contributed by atoms with E-state index < -0.39 is 0 Å². The van der Waals surface area contributed by atoms with Crippen LogP contribution in [0.4, 0.5) is 0 Å². The van der Waals surface area contributed by atoms with E-state index in [0.29, 0.717) is 0 Å². The van der Waals surface area contributed by atoms with Crippen LogP contribution < -0.4 is 0 Å². The highest BCUT2D eigenvalue weighted by molar-refractivity contribution is 5.93. The Balaban J connectivity index is 4.10. The summed E-state index contributed by atoms with van der Waals surface area (Å²) < 4.78 is 0. The molecular formula is C9H14O. The number of carbonyl (C=O) groups is 1. The molecule has 0 aromatic rings. The van der Waals surface area contributed by atoms with Crippen molar-refractivity contribution in [3.8, 4) is 0 Å².